The lowest BCUT2D eigenvalue weighted by atomic mass is 9.91. The molecule has 0 bridgehead atoms. The number of urea groups is 1. The van der Waals surface area contributed by atoms with E-state index < -0.39 is 5.60 Å². The Morgan fingerprint density at radius 3 is 2.83 bits per heavy atom. The minimum atomic E-state index is -0.503. The maximum absolute atomic E-state index is 12.9. The fourth-order valence-corrected chi connectivity index (χ4v) is 3.83. The molecule has 4 heterocycles. The van der Waals surface area contributed by atoms with Crippen molar-refractivity contribution in [3.63, 3.8) is 0 Å². The second kappa shape index (κ2) is 7.98. The second-order valence-electron chi connectivity index (χ2n) is 8.04. The Balaban J connectivity index is 1.44. The van der Waals surface area contributed by atoms with Crippen molar-refractivity contribution in [2.75, 3.05) is 27.2 Å². The maximum atomic E-state index is 12.9. The Labute approximate surface area is 174 Å². The van der Waals surface area contributed by atoms with Gasteiger partial charge in [0, 0.05) is 26.8 Å². The number of nitrogens with zero attached hydrogens (tertiary/aromatic N) is 7. The van der Waals surface area contributed by atoms with Crippen LogP contribution in [-0.4, -0.2) is 79.5 Å². The van der Waals surface area contributed by atoms with Crippen molar-refractivity contribution in [2.45, 2.75) is 45.1 Å². The number of fused-ring (bicyclic) bond motifs is 1. The molecule has 2 aromatic rings. The van der Waals surface area contributed by atoms with E-state index in [0.29, 0.717) is 44.2 Å². The highest BCUT2D eigenvalue weighted by atomic mass is 16.5. The number of hydrogen-bond donors (Lipinski definition) is 1. The quantitative estimate of drug-likeness (QED) is 0.770. The molecule has 0 saturated carbocycles. The first kappa shape index (κ1) is 20.2. The zero-order valence-corrected chi connectivity index (χ0v) is 17.5. The van der Waals surface area contributed by atoms with Crippen molar-refractivity contribution in [1.82, 2.24) is 40.1 Å². The molecule has 1 fully saturated rings. The maximum Gasteiger partial charge on any atom is 0.317 e. The molecule has 1 atom stereocenters. The molecule has 11 nitrogen and oxygen atoms in total. The molecule has 1 spiro atoms. The van der Waals surface area contributed by atoms with Gasteiger partial charge in [-0.1, -0.05) is 5.21 Å². The summed E-state index contributed by atoms with van der Waals surface area (Å²) in [6.07, 6.45) is 4.79. The standard InChI is InChI=1S/C19H26N8O3/c1-13-7-21-15(9-20-13)17(28)26-6-4-5-19(11-26)12-27-16(10-30-19)14(23-24-27)8-22-18(29)25(2)3/h7,9H,4-6,8,10-12H2,1-3H3,(H,22,29). The smallest absolute Gasteiger partial charge is 0.317 e. The van der Waals surface area contributed by atoms with Crippen LogP contribution in [0.3, 0.4) is 0 Å². The van der Waals surface area contributed by atoms with Crippen LogP contribution >= 0.6 is 0 Å². The van der Waals surface area contributed by atoms with Crippen molar-refractivity contribution in [1.29, 1.82) is 0 Å². The van der Waals surface area contributed by atoms with Crippen LogP contribution in [0, 0.1) is 6.92 Å². The summed E-state index contributed by atoms with van der Waals surface area (Å²) in [4.78, 5) is 36.3. The number of carbonyl (C=O) groups excluding carboxylic acids is 2. The summed E-state index contributed by atoms with van der Waals surface area (Å²) in [6.45, 7) is 4.11. The number of hydrogen-bond acceptors (Lipinski definition) is 7. The Morgan fingerprint density at radius 1 is 1.27 bits per heavy atom. The molecule has 30 heavy (non-hydrogen) atoms. The van der Waals surface area contributed by atoms with Crippen molar-refractivity contribution < 1.29 is 14.3 Å². The van der Waals surface area contributed by atoms with Crippen LogP contribution in [0.5, 0.6) is 0 Å². The van der Waals surface area contributed by atoms with E-state index in [9.17, 15) is 9.59 Å². The molecule has 2 aliphatic rings. The molecule has 1 saturated heterocycles. The van der Waals surface area contributed by atoms with Gasteiger partial charge >= 0.3 is 6.03 Å². The van der Waals surface area contributed by atoms with E-state index in [1.54, 1.807) is 25.2 Å². The highest BCUT2D eigenvalue weighted by Crippen LogP contribution is 2.32. The molecule has 0 radical (unpaired) electrons. The molecule has 11 heteroatoms. The van der Waals surface area contributed by atoms with Crippen molar-refractivity contribution in [2.24, 2.45) is 0 Å². The van der Waals surface area contributed by atoms with Gasteiger partial charge in [0.1, 0.15) is 17.0 Å². The van der Waals surface area contributed by atoms with Crippen LogP contribution in [0.2, 0.25) is 0 Å². The van der Waals surface area contributed by atoms with Crippen LogP contribution in [-0.2, 0) is 24.4 Å². The highest BCUT2D eigenvalue weighted by molar-refractivity contribution is 5.92. The fourth-order valence-electron chi connectivity index (χ4n) is 3.83. The van der Waals surface area contributed by atoms with Crippen LogP contribution in [0.15, 0.2) is 12.4 Å². The zero-order valence-electron chi connectivity index (χ0n) is 17.5. The molecule has 2 aromatic heterocycles. The van der Waals surface area contributed by atoms with E-state index >= 15 is 0 Å². The summed E-state index contributed by atoms with van der Waals surface area (Å²) < 4.78 is 8.10. The minimum absolute atomic E-state index is 0.137. The predicted octanol–water partition coefficient (Wildman–Crippen LogP) is 0.353. The van der Waals surface area contributed by atoms with Crippen molar-refractivity contribution in [3.05, 3.63) is 35.2 Å². The van der Waals surface area contributed by atoms with E-state index in [2.05, 4.69) is 25.6 Å². The Kier molecular flexibility index (Phi) is 5.37. The van der Waals surface area contributed by atoms with Gasteiger partial charge in [-0.05, 0) is 19.8 Å². The van der Waals surface area contributed by atoms with E-state index in [-0.39, 0.29) is 11.9 Å². The van der Waals surface area contributed by atoms with Crippen molar-refractivity contribution >= 4 is 11.9 Å². The number of nitrogens with one attached hydrogen (secondary N) is 1. The van der Waals surface area contributed by atoms with Gasteiger partial charge in [0.15, 0.2) is 0 Å². The van der Waals surface area contributed by atoms with Gasteiger partial charge in [-0.2, -0.15) is 0 Å². The van der Waals surface area contributed by atoms with Gasteiger partial charge < -0.3 is 19.9 Å². The predicted molar refractivity (Wildman–Crippen MR) is 105 cm³/mol. The first-order valence-corrected chi connectivity index (χ1v) is 9.95. The Bertz CT molecular complexity index is 942. The summed E-state index contributed by atoms with van der Waals surface area (Å²) >= 11 is 0. The third-order valence-electron chi connectivity index (χ3n) is 5.51. The normalized spacial score (nSPS) is 20.7. The number of aryl methyl sites for hydroxylation is 1. The third kappa shape index (κ3) is 3.97. The molecular weight excluding hydrogens is 388 g/mol. The summed E-state index contributed by atoms with van der Waals surface area (Å²) in [5.74, 6) is -0.137. The average molecular weight is 414 g/mol. The number of amides is 3. The second-order valence-corrected chi connectivity index (χ2v) is 8.04. The van der Waals surface area contributed by atoms with Crippen molar-refractivity contribution in [3.8, 4) is 0 Å². The van der Waals surface area contributed by atoms with Crippen LogP contribution in [0.4, 0.5) is 4.79 Å². The topological polar surface area (TPSA) is 118 Å². The van der Waals surface area contributed by atoms with E-state index in [1.165, 1.54) is 11.1 Å². The molecular formula is C19H26N8O3. The van der Waals surface area contributed by atoms with Gasteiger partial charge in [-0.15, -0.1) is 5.10 Å². The highest BCUT2D eigenvalue weighted by Gasteiger charge is 2.42. The van der Waals surface area contributed by atoms with Gasteiger partial charge in [-0.3, -0.25) is 9.78 Å². The monoisotopic (exact) mass is 414 g/mol. The zero-order chi connectivity index (χ0) is 21.3. The number of likely N-dealkylation sites (tertiary alicyclic amines) is 1. The van der Waals surface area contributed by atoms with Gasteiger partial charge in [0.25, 0.3) is 5.91 Å². The molecule has 0 aromatic carbocycles. The first-order valence-electron chi connectivity index (χ1n) is 9.95. The number of aromatic nitrogens is 5. The molecule has 0 aliphatic carbocycles. The molecule has 1 unspecified atom stereocenters. The number of piperidine rings is 1. The molecule has 1 N–H and O–H groups in total. The summed E-state index contributed by atoms with van der Waals surface area (Å²) in [5.41, 5.74) is 2.16. The molecule has 2 aliphatic heterocycles. The van der Waals surface area contributed by atoms with E-state index in [0.717, 1.165) is 24.2 Å². The molecule has 160 valence electrons. The lowest BCUT2D eigenvalue weighted by molar-refractivity contribution is -0.122. The van der Waals surface area contributed by atoms with Crippen LogP contribution in [0.1, 0.15) is 40.4 Å². The van der Waals surface area contributed by atoms with E-state index in [1.807, 2.05) is 11.6 Å². The first-order chi connectivity index (χ1) is 14.4. The lowest BCUT2D eigenvalue weighted by Crippen LogP contribution is -2.55. The summed E-state index contributed by atoms with van der Waals surface area (Å²) in [7, 11) is 3.36. The third-order valence-corrected chi connectivity index (χ3v) is 5.51. The summed E-state index contributed by atoms with van der Waals surface area (Å²) in [5, 5.41) is 11.3. The van der Waals surface area contributed by atoms with Crippen LogP contribution < -0.4 is 5.32 Å². The van der Waals surface area contributed by atoms with Gasteiger partial charge in [-0.25, -0.2) is 14.5 Å². The Morgan fingerprint density at radius 2 is 2.10 bits per heavy atom. The SMILES string of the molecule is Cc1cnc(C(=O)N2CCCC3(C2)Cn2nnc(CNC(=O)N(C)C)c2CO3)cn1. The lowest BCUT2D eigenvalue weighted by Gasteiger charge is -2.44. The largest absolute Gasteiger partial charge is 0.365 e. The molecule has 3 amide bonds. The molecule has 4 rings (SSSR count). The number of rotatable bonds is 3. The minimum Gasteiger partial charge on any atom is -0.365 e. The Hall–Kier alpha value is -3.08. The number of carbonyl (C=O) groups is 2. The fraction of sp³-hybridized carbons (Fsp3) is 0.579. The average Bonchev–Trinajstić information content (AvgIpc) is 3.13. The number of ether oxygens (including phenoxy) is 1. The summed E-state index contributed by atoms with van der Waals surface area (Å²) in [6, 6.07) is -0.189. The van der Waals surface area contributed by atoms with Crippen LogP contribution in [0.25, 0.3) is 0 Å². The van der Waals surface area contributed by atoms with E-state index in [4.69, 9.17) is 4.74 Å². The van der Waals surface area contributed by atoms with Gasteiger partial charge in [0.05, 0.1) is 43.8 Å². The van der Waals surface area contributed by atoms with Gasteiger partial charge in [0.2, 0.25) is 0 Å².